The van der Waals surface area contributed by atoms with Gasteiger partial charge in [-0.25, -0.2) is 4.98 Å². The van der Waals surface area contributed by atoms with Crippen LogP contribution in [0, 0.1) is 6.92 Å². The number of nitrogens with zero attached hydrogens (tertiary/aromatic N) is 1. The minimum Gasteiger partial charge on any atom is -0.348 e. The summed E-state index contributed by atoms with van der Waals surface area (Å²) in [4.78, 5) is 21.9. The zero-order chi connectivity index (χ0) is 16.5. The Kier molecular flexibility index (Phi) is 4.08. The van der Waals surface area contributed by atoms with E-state index in [1.165, 1.54) is 0 Å². The molecule has 0 radical (unpaired) electrons. The maximum Gasteiger partial charge on any atom is 0.253 e. The van der Waals surface area contributed by atoms with E-state index in [0.29, 0.717) is 5.56 Å². The zero-order valence-corrected chi connectivity index (χ0v) is 14.4. The normalized spacial score (nSPS) is 18.0. The first-order chi connectivity index (χ1) is 11.7. The van der Waals surface area contributed by atoms with E-state index in [-0.39, 0.29) is 11.9 Å². The molecule has 5 nitrogen and oxygen atoms in total. The summed E-state index contributed by atoms with van der Waals surface area (Å²) in [6, 6.07) is 8.09. The molecule has 1 amide bonds. The van der Waals surface area contributed by atoms with E-state index < -0.39 is 0 Å². The van der Waals surface area contributed by atoms with Crippen molar-refractivity contribution in [3.8, 4) is 10.7 Å². The predicted molar refractivity (Wildman–Crippen MR) is 97.5 cm³/mol. The first-order valence-corrected chi connectivity index (χ1v) is 9.15. The fraction of sp³-hybridized carbons (Fsp3) is 0.333. The summed E-state index contributed by atoms with van der Waals surface area (Å²) < 4.78 is 0. The third kappa shape index (κ3) is 2.83. The van der Waals surface area contributed by atoms with Gasteiger partial charge in [-0.1, -0.05) is 12.1 Å². The summed E-state index contributed by atoms with van der Waals surface area (Å²) in [6.45, 7) is 3.89. The maximum absolute atomic E-state index is 12.7. The van der Waals surface area contributed by atoms with Gasteiger partial charge in [0.1, 0.15) is 5.82 Å². The molecule has 1 saturated heterocycles. The van der Waals surface area contributed by atoms with Gasteiger partial charge in [0, 0.05) is 12.6 Å². The van der Waals surface area contributed by atoms with E-state index in [0.717, 1.165) is 53.2 Å². The Morgan fingerprint density at radius 3 is 3.04 bits per heavy atom. The number of aryl methyl sites for hydroxylation is 1. The van der Waals surface area contributed by atoms with Gasteiger partial charge >= 0.3 is 0 Å². The number of rotatable bonds is 3. The number of aromatic nitrogens is 2. The molecule has 6 heteroatoms. The van der Waals surface area contributed by atoms with Crippen LogP contribution in [-0.2, 0) is 0 Å². The molecular weight excluding hydrogens is 320 g/mol. The molecule has 0 bridgehead atoms. The number of aromatic amines is 1. The van der Waals surface area contributed by atoms with Crippen LogP contribution >= 0.6 is 11.3 Å². The highest BCUT2D eigenvalue weighted by Crippen LogP contribution is 2.28. The standard InChI is InChI=1S/C18H20N4OS/c1-11-6-7-13(18(23)20-12-4-2-8-19-10-12)16-15(11)21-17(22-16)14-5-3-9-24-14/h3,5-7,9,12,19H,2,4,8,10H2,1H3,(H,20,23)(H,21,22). The smallest absolute Gasteiger partial charge is 0.253 e. The van der Waals surface area contributed by atoms with Crippen molar-refractivity contribution < 1.29 is 4.79 Å². The van der Waals surface area contributed by atoms with Crippen LogP contribution in [0.25, 0.3) is 21.7 Å². The molecule has 1 unspecified atom stereocenters. The number of fused-ring (bicyclic) bond motifs is 1. The van der Waals surface area contributed by atoms with Gasteiger partial charge in [-0.2, -0.15) is 0 Å². The highest BCUT2D eigenvalue weighted by molar-refractivity contribution is 7.13. The number of carbonyl (C=O) groups excluding carboxylic acids is 1. The summed E-state index contributed by atoms with van der Waals surface area (Å²) in [5.74, 6) is 0.790. The molecule has 124 valence electrons. The third-order valence-corrected chi connectivity index (χ3v) is 5.35. The molecule has 0 saturated carbocycles. The number of carbonyl (C=O) groups is 1. The second-order valence-corrected chi connectivity index (χ2v) is 7.18. The van der Waals surface area contributed by atoms with E-state index in [1.807, 2.05) is 36.6 Å². The lowest BCUT2D eigenvalue weighted by Gasteiger charge is -2.23. The number of nitrogens with one attached hydrogen (secondary N) is 3. The molecular formula is C18H20N4OS. The SMILES string of the molecule is Cc1ccc(C(=O)NC2CCCNC2)c2[nH]c(-c3cccs3)nc12. The van der Waals surface area contributed by atoms with Crippen LogP contribution in [0.3, 0.4) is 0 Å². The van der Waals surface area contributed by atoms with Gasteiger partial charge in [-0.3, -0.25) is 4.79 Å². The summed E-state index contributed by atoms with van der Waals surface area (Å²) >= 11 is 1.64. The second kappa shape index (κ2) is 6.37. The highest BCUT2D eigenvalue weighted by Gasteiger charge is 2.20. The van der Waals surface area contributed by atoms with Crippen molar-refractivity contribution in [2.45, 2.75) is 25.8 Å². The van der Waals surface area contributed by atoms with Crippen molar-refractivity contribution in [3.63, 3.8) is 0 Å². The number of amides is 1. The lowest BCUT2D eigenvalue weighted by atomic mass is 10.1. The van der Waals surface area contributed by atoms with Crippen molar-refractivity contribution in [1.29, 1.82) is 0 Å². The molecule has 1 aliphatic heterocycles. The van der Waals surface area contributed by atoms with Gasteiger partial charge in [0.05, 0.1) is 21.5 Å². The van der Waals surface area contributed by atoms with Crippen LogP contribution in [0.4, 0.5) is 0 Å². The first kappa shape index (κ1) is 15.4. The Morgan fingerprint density at radius 2 is 2.29 bits per heavy atom. The Balaban J connectivity index is 1.69. The molecule has 3 aromatic rings. The largest absolute Gasteiger partial charge is 0.348 e. The average molecular weight is 340 g/mol. The molecule has 0 spiro atoms. The van der Waals surface area contributed by atoms with E-state index in [4.69, 9.17) is 4.98 Å². The summed E-state index contributed by atoms with van der Waals surface area (Å²) in [5, 5.41) is 8.50. The average Bonchev–Trinajstić information content (AvgIpc) is 3.26. The monoisotopic (exact) mass is 340 g/mol. The van der Waals surface area contributed by atoms with Gasteiger partial charge in [-0.05, 0) is 49.4 Å². The van der Waals surface area contributed by atoms with E-state index in [2.05, 4.69) is 15.6 Å². The van der Waals surface area contributed by atoms with Crippen LogP contribution in [0.5, 0.6) is 0 Å². The first-order valence-electron chi connectivity index (χ1n) is 8.27. The lowest BCUT2D eigenvalue weighted by Crippen LogP contribution is -2.45. The number of hydrogen-bond donors (Lipinski definition) is 3. The predicted octanol–water partition coefficient (Wildman–Crippen LogP) is 3.08. The van der Waals surface area contributed by atoms with Crippen LogP contribution < -0.4 is 10.6 Å². The molecule has 3 N–H and O–H groups in total. The molecule has 1 aromatic carbocycles. The number of hydrogen-bond acceptors (Lipinski definition) is 4. The van der Waals surface area contributed by atoms with Crippen molar-refractivity contribution in [2.24, 2.45) is 0 Å². The third-order valence-electron chi connectivity index (χ3n) is 4.48. The highest BCUT2D eigenvalue weighted by atomic mass is 32.1. The Hall–Kier alpha value is -2.18. The number of imidazole rings is 1. The lowest BCUT2D eigenvalue weighted by molar-refractivity contribution is 0.0932. The van der Waals surface area contributed by atoms with Gasteiger partial charge in [0.25, 0.3) is 5.91 Å². The zero-order valence-electron chi connectivity index (χ0n) is 13.6. The van der Waals surface area contributed by atoms with E-state index >= 15 is 0 Å². The summed E-state index contributed by atoms with van der Waals surface area (Å²) in [7, 11) is 0. The van der Waals surface area contributed by atoms with Crippen molar-refractivity contribution >= 4 is 28.3 Å². The van der Waals surface area contributed by atoms with Crippen LogP contribution in [-0.4, -0.2) is 35.0 Å². The van der Waals surface area contributed by atoms with Crippen LogP contribution in [0.1, 0.15) is 28.8 Å². The second-order valence-electron chi connectivity index (χ2n) is 6.23. The number of piperidine rings is 1. The summed E-state index contributed by atoms with van der Waals surface area (Å²) in [5.41, 5.74) is 3.42. The number of thiophene rings is 1. The molecule has 1 aliphatic rings. The van der Waals surface area contributed by atoms with Crippen molar-refractivity contribution in [3.05, 3.63) is 40.8 Å². The Labute approximate surface area is 144 Å². The molecule has 2 aromatic heterocycles. The van der Waals surface area contributed by atoms with Crippen LogP contribution in [0.15, 0.2) is 29.6 Å². The molecule has 1 atom stereocenters. The van der Waals surface area contributed by atoms with E-state index in [1.54, 1.807) is 11.3 Å². The van der Waals surface area contributed by atoms with Gasteiger partial charge in [0.2, 0.25) is 0 Å². The molecule has 0 aliphatic carbocycles. The summed E-state index contributed by atoms with van der Waals surface area (Å²) in [6.07, 6.45) is 2.12. The fourth-order valence-electron chi connectivity index (χ4n) is 3.18. The van der Waals surface area contributed by atoms with Crippen LogP contribution in [0.2, 0.25) is 0 Å². The van der Waals surface area contributed by atoms with Gasteiger partial charge in [-0.15, -0.1) is 11.3 Å². The minimum absolute atomic E-state index is 0.0323. The molecule has 3 heterocycles. The molecule has 4 rings (SSSR count). The fourth-order valence-corrected chi connectivity index (χ4v) is 3.85. The van der Waals surface area contributed by atoms with Gasteiger partial charge < -0.3 is 15.6 Å². The van der Waals surface area contributed by atoms with Crippen molar-refractivity contribution in [2.75, 3.05) is 13.1 Å². The quantitative estimate of drug-likeness (QED) is 0.686. The number of H-pyrrole nitrogens is 1. The molecule has 24 heavy (non-hydrogen) atoms. The minimum atomic E-state index is -0.0323. The molecule has 1 fully saturated rings. The van der Waals surface area contributed by atoms with Gasteiger partial charge in [0.15, 0.2) is 0 Å². The van der Waals surface area contributed by atoms with Crippen molar-refractivity contribution in [1.82, 2.24) is 20.6 Å². The Bertz CT molecular complexity index is 863. The number of benzene rings is 1. The topological polar surface area (TPSA) is 69.8 Å². The maximum atomic E-state index is 12.7. The Morgan fingerprint density at radius 1 is 1.38 bits per heavy atom. The van der Waals surface area contributed by atoms with E-state index in [9.17, 15) is 4.79 Å².